The lowest BCUT2D eigenvalue weighted by Crippen LogP contribution is -2.21. The first kappa shape index (κ1) is 15.7. The van der Waals surface area contributed by atoms with E-state index in [0.29, 0.717) is 21.8 Å². The molecule has 5 heteroatoms. The highest BCUT2D eigenvalue weighted by Gasteiger charge is 2.16. The summed E-state index contributed by atoms with van der Waals surface area (Å²) in [5, 5.41) is 3.15. The molecule has 0 saturated heterocycles. The van der Waals surface area contributed by atoms with Crippen LogP contribution >= 0.6 is 15.9 Å². The molecule has 0 amide bonds. The van der Waals surface area contributed by atoms with Gasteiger partial charge in [0.05, 0.1) is 10.6 Å². The molecule has 0 saturated carbocycles. The standard InChI is InChI=1S/C13H20BrNO2S/c1-11(15-2)7-5-6-10-18(16,17)13-9-4-3-8-12(13)14/h3-4,8-9,11,15H,5-7,10H2,1-2H3. The lowest BCUT2D eigenvalue weighted by atomic mass is 10.1. The van der Waals surface area contributed by atoms with E-state index in [2.05, 4.69) is 28.2 Å². The Kier molecular flexibility index (Phi) is 6.32. The second-order valence-electron chi connectivity index (χ2n) is 4.43. The Morgan fingerprint density at radius 3 is 2.56 bits per heavy atom. The third kappa shape index (κ3) is 4.71. The topological polar surface area (TPSA) is 46.2 Å². The molecular weight excluding hydrogens is 314 g/mol. The van der Waals surface area contributed by atoms with Crippen LogP contribution in [0.15, 0.2) is 33.6 Å². The summed E-state index contributed by atoms with van der Waals surface area (Å²) < 4.78 is 24.9. The molecular formula is C13H20BrNO2S. The minimum absolute atomic E-state index is 0.214. The molecule has 0 aliphatic heterocycles. The summed E-state index contributed by atoms with van der Waals surface area (Å²) in [6.07, 6.45) is 2.63. The smallest absolute Gasteiger partial charge is 0.179 e. The van der Waals surface area contributed by atoms with Gasteiger partial charge in [0.2, 0.25) is 0 Å². The lowest BCUT2D eigenvalue weighted by molar-refractivity contribution is 0.533. The fraction of sp³-hybridized carbons (Fsp3) is 0.538. The molecule has 0 spiro atoms. The Bertz CT molecular complexity index is 474. The Hall–Kier alpha value is -0.390. The molecule has 0 heterocycles. The lowest BCUT2D eigenvalue weighted by Gasteiger charge is -2.10. The molecule has 102 valence electrons. The van der Waals surface area contributed by atoms with Crippen LogP contribution in [0.2, 0.25) is 0 Å². The molecule has 1 atom stereocenters. The van der Waals surface area contributed by atoms with Crippen molar-refractivity contribution in [2.75, 3.05) is 12.8 Å². The van der Waals surface area contributed by atoms with Gasteiger partial charge in [0, 0.05) is 10.5 Å². The molecule has 0 aliphatic rings. The van der Waals surface area contributed by atoms with Gasteiger partial charge in [-0.15, -0.1) is 0 Å². The van der Waals surface area contributed by atoms with Crippen molar-refractivity contribution in [1.82, 2.24) is 5.32 Å². The molecule has 0 radical (unpaired) electrons. The minimum atomic E-state index is -3.16. The Morgan fingerprint density at radius 2 is 1.94 bits per heavy atom. The van der Waals surface area contributed by atoms with Crippen molar-refractivity contribution in [2.24, 2.45) is 0 Å². The summed E-state index contributed by atoms with van der Waals surface area (Å²) in [4.78, 5) is 0.395. The van der Waals surface area contributed by atoms with Crippen LogP contribution in [0.5, 0.6) is 0 Å². The van der Waals surface area contributed by atoms with Gasteiger partial charge in [-0.2, -0.15) is 0 Å². The summed E-state index contributed by atoms with van der Waals surface area (Å²) in [5.41, 5.74) is 0. The van der Waals surface area contributed by atoms with Crippen LogP contribution in [0.4, 0.5) is 0 Å². The predicted octanol–water partition coefficient (Wildman–Crippen LogP) is 3.00. The molecule has 0 aromatic heterocycles. The van der Waals surface area contributed by atoms with E-state index in [1.54, 1.807) is 18.2 Å². The summed E-state index contributed by atoms with van der Waals surface area (Å²) in [6, 6.07) is 7.42. The summed E-state index contributed by atoms with van der Waals surface area (Å²) >= 11 is 3.29. The number of hydrogen-bond acceptors (Lipinski definition) is 3. The van der Waals surface area contributed by atoms with Crippen LogP contribution in [-0.2, 0) is 9.84 Å². The van der Waals surface area contributed by atoms with Crippen LogP contribution in [0.25, 0.3) is 0 Å². The van der Waals surface area contributed by atoms with E-state index in [1.807, 2.05) is 13.1 Å². The van der Waals surface area contributed by atoms with Gasteiger partial charge in [-0.05, 0) is 54.9 Å². The zero-order chi connectivity index (χ0) is 13.6. The average Bonchev–Trinajstić information content (AvgIpc) is 2.34. The third-order valence-electron chi connectivity index (χ3n) is 2.96. The second-order valence-corrected chi connectivity index (χ2v) is 7.37. The molecule has 0 bridgehead atoms. The fourth-order valence-corrected chi connectivity index (χ4v) is 4.17. The first-order valence-electron chi connectivity index (χ1n) is 6.12. The van der Waals surface area contributed by atoms with Gasteiger partial charge in [-0.3, -0.25) is 0 Å². The summed E-state index contributed by atoms with van der Waals surface area (Å²) in [5.74, 6) is 0.214. The maximum atomic E-state index is 12.1. The molecule has 1 aromatic rings. The van der Waals surface area contributed by atoms with Crippen molar-refractivity contribution in [3.8, 4) is 0 Å². The number of unbranched alkanes of at least 4 members (excludes halogenated alkanes) is 1. The van der Waals surface area contributed by atoms with Crippen molar-refractivity contribution in [3.05, 3.63) is 28.7 Å². The van der Waals surface area contributed by atoms with E-state index in [-0.39, 0.29) is 5.75 Å². The van der Waals surface area contributed by atoms with Gasteiger partial charge in [-0.1, -0.05) is 18.6 Å². The molecule has 18 heavy (non-hydrogen) atoms. The van der Waals surface area contributed by atoms with E-state index in [0.717, 1.165) is 12.8 Å². The quantitative estimate of drug-likeness (QED) is 0.780. The number of hydrogen-bond donors (Lipinski definition) is 1. The molecule has 0 fully saturated rings. The van der Waals surface area contributed by atoms with Crippen molar-refractivity contribution in [1.29, 1.82) is 0 Å². The van der Waals surface area contributed by atoms with Crippen LogP contribution < -0.4 is 5.32 Å². The zero-order valence-corrected chi connectivity index (χ0v) is 13.2. The number of rotatable bonds is 7. The van der Waals surface area contributed by atoms with E-state index >= 15 is 0 Å². The van der Waals surface area contributed by atoms with Gasteiger partial charge in [0.1, 0.15) is 0 Å². The molecule has 3 nitrogen and oxygen atoms in total. The Labute approximate surface area is 118 Å². The maximum Gasteiger partial charge on any atom is 0.179 e. The van der Waals surface area contributed by atoms with Crippen molar-refractivity contribution >= 4 is 25.8 Å². The highest BCUT2D eigenvalue weighted by Crippen LogP contribution is 2.23. The van der Waals surface area contributed by atoms with Crippen LogP contribution in [0.3, 0.4) is 0 Å². The van der Waals surface area contributed by atoms with E-state index in [4.69, 9.17) is 0 Å². The first-order valence-corrected chi connectivity index (χ1v) is 8.56. The Morgan fingerprint density at radius 1 is 1.28 bits per heavy atom. The normalized spacial score (nSPS) is 13.5. The number of sulfone groups is 1. The SMILES string of the molecule is CNC(C)CCCCS(=O)(=O)c1ccccc1Br. The number of benzene rings is 1. The van der Waals surface area contributed by atoms with Crippen molar-refractivity contribution < 1.29 is 8.42 Å². The fourth-order valence-electron chi connectivity index (χ4n) is 1.69. The van der Waals surface area contributed by atoms with Crippen LogP contribution in [0.1, 0.15) is 26.2 Å². The summed E-state index contributed by atoms with van der Waals surface area (Å²) in [6.45, 7) is 2.10. The number of nitrogens with one attached hydrogen (secondary N) is 1. The van der Waals surface area contributed by atoms with Gasteiger partial charge in [0.15, 0.2) is 9.84 Å². The molecule has 0 aliphatic carbocycles. The van der Waals surface area contributed by atoms with Gasteiger partial charge < -0.3 is 5.32 Å². The molecule has 1 unspecified atom stereocenters. The number of halogens is 1. The van der Waals surface area contributed by atoms with E-state index in [1.165, 1.54) is 0 Å². The second kappa shape index (κ2) is 7.26. The monoisotopic (exact) mass is 333 g/mol. The maximum absolute atomic E-state index is 12.1. The van der Waals surface area contributed by atoms with Crippen molar-refractivity contribution in [2.45, 2.75) is 37.1 Å². The van der Waals surface area contributed by atoms with Gasteiger partial charge >= 0.3 is 0 Å². The zero-order valence-electron chi connectivity index (χ0n) is 10.8. The van der Waals surface area contributed by atoms with Gasteiger partial charge in [-0.25, -0.2) is 8.42 Å². The van der Waals surface area contributed by atoms with E-state index < -0.39 is 9.84 Å². The summed E-state index contributed by atoms with van der Waals surface area (Å²) in [7, 11) is -1.24. The highest BCUT2D eigenvalue weighted by atomic mass is 79.9. The van der Waals surface area contributed by atoms with Crippen LogP contribution in [-0.4, -0.2) is 27.3 Å². The highest BCUT2D eigenvalue weighted by molar-refractivity contribution is 9.10. The van der Waals surface area contributed by atoms with Crippen LogP contribution in [0, 0.1) is 0 Å². The predicted molar refractivity (Wildman–Crippen MR) is 78.6 cm³/mol. The average molecular weight is 334 g/mol. The van der Waals surface area contributed by atoms with Gasteiger partial charge in [0.25, 0.3) is 0 Å². The minimum Gasteiger partial charge on any atom is -0.317 e. The largest absolute Gasteiger partial charge is 0.317 e. The molecule has 1 rings (SSSR count). The van der Waals surface area contributed by atoms with E-state index in [9.17, 15) is 8.42 Å². The first-order chi connectivity index (χ1) is 8.47. The third-order valence-corrected chi connectivity index (χ3v) is 5.77. The molecule has 1 N–H and O–H groups in total. The Balaban J connectivity index is 2.54. The molecule has 1 aromatic carbocycles. The van der Waals surface area contributed by atoms with Crippen molar-refractivity contribution in [3.63, 3.8) is 0 Å².